The van der Waals surface area contributed by atoms with E-state index in [1.807, 2.05) is 25.7 Å². The van der Waals surface area contributed by atoms with Crippen LogP contribution in [0.3, 0.4) is 0 Å². The van der Waals surface area contributed by atoms with Crippen molar-refractivity contribution in [3.05, 3.63) is 40.0 Å². The number of aromatic nitrogens is 4. The van der Waals surface area contributed by atoms with Gasteiger partial charge < -0.3 is 4.42 Å². The summed E-state index contributed by atoms with van der Waals surface area (Å²) in [6.45, 7) is 7.20. The van der Waals surface area contributed by atoms with Crippen LogP contribution in [0.4, 0.5) is 13.2 Å². The topological polar surface area (TPSA) is 77.0 Å². The van der Waals surface area contributed by atoms with Crippen LogP contribution in [-0.4, -0.2) is 37.5 Å². The first-order valence-electron chi connectivity index (χ1n) is 8.76. The van der Waals surface area contributed by atoms with Gasteiger partial charge in [0.2, 0.25) is 5.89 Å². The Bertz CT molecular complexity index is 853. The molecule has 0 aromatic carbocycles. The number of likely N-dealkylation sites (tertiary alicyclic amines) is 1. The molecule has 0 aliphatic carbocycles. The van der Waals surface area contributed by atoms with E-state index < -0.39 is 12.1 Å². The van der Waals surface area contributed by atoms with Gasteiger partial charge in [0, 0.05) is 17.5 Å². The average molecular weight is 385 g/mol. The highest BCUT2D eigenvalue weighted by Gasteiger charge is 2.38. The molecule has 7 nitrogen and oxygen atoms in total. The molecule has 3 heterocycles. The minimum absolute atomic E-state index is 0.0355. The van der Waals surface area contributed by atoms with Gasteiger partial charge in [-0.3, -0.25) is 9.69 Å². The van der Waals surface area contributed by atoms with E-state index in [0.29, 0.717) is 13.1 Å². The molecule has 2 aromatic heterocycles. The van der Waals surface area contributed by atoms with Crippen LogP contribution >= 0.6 is 0 Å². The predicted octanol–water partition coefficient (Wildman–Crippen LogP) is 2.61. The highest BCUT2D eigenvalue weighted by molar-refractivity contribution is 5.10. The number of alkyl halides is 3. The van der Waals surface area contributed by atoms with Gasteiger partial charge in [-0.1, -0.05) is 20.8 Å². The summed E-state index contributed by atoms with van der Waals surface area (Å²) in [6.07, 6.45) is -2.97. The smallest absolute Gasteiger partial charge is 0.416 e. The summed E-state index contributed by atoms with van der Waals surface area (Å²) in [4.78, 5) is 14.1. The van der Waals surface area contributed by atoms with Crippen molar-refractivity contribution < 1.29 is 17.6 Å². The van der Waals surface area contributed by atoms with Crippen LogP contribution in [0.5, 0.6) is 0 Å². The highest BCUT2D eigenvalue weighted by Crippen LogP contribution is 2.28. The standard InChI is InChI=1S/C17H22F3N5O2/c1-16(2,3)12-6-7-14(26)25(23-12)9-11-5-4-8-24(11)10-13-21-22-15(27-13)17(18,19)20/h6-7,11H,4-5,8-10H2,1-3H3. The maximum atomic E-state index is 12.6. The summed E-state index contributed by atoms with van der Waals surface area (Å²) in [6, 6.07) is 3.19. The Balaban J connectivity index is 1.74. The van der Waals surface area contributed by atoms with E-state index in [0.717, 1.165) is 18.5 Å². The SMILES string of the molecule is CC(C)(C)c1ccc(=O)n(CC2CCCN2Cc2nnc(C(F)(F)F)o2)n1. The van der Waals surface area contributed by atoms with E-state index in [2.05, 4.69) is 15.3 Å². The second-order valence-electron chi connectivity index (χ2n) is 7.75. The van der Waals surface area contributed by atoms with E-state index in [-0.39, 0.29) is 29.5 Å². The second kappa shape index (κ2) is 7.06. The average Bonchev–Trinajstić information content (AvgIpc) is 3.18. The zero-order valence-corrected chi connectivity index (χ0v) is 15.5. The van der Waals surface area contributed by atoms with Crippen molar-refractivity contribution in [3.8, 4) is 0 Å². The first kappa shape index (κ1) is 19.5. The van der Waals surface area contributed by atoms with Gasteiger partial charge in [0.1, 0.15) is 0 Å². The van der Waals surface area contributed by atoms with Crippen LogP contribution in [0.2, 0.25) is 0 Å². The van der Waals surface area contributed by atoms with Crippen LogP contribution in [0.25, 0.3) is 0 Å². The largest absolute Gasteiger partial charge is 0.470 e. The molecule has 2 aromatic rings. The molecule has 0 saturated carbocycles. The second-order valence-corrected chi connectivity index (χ2v) is 7.75. The van der Waals surface area contributed by atoms with Gasteiger partial charge in [-0.2, -0.15) is 18.3 Å². The summed E-state index contributed by atoms with van der Waals surface area (Å²) >= 11 is 0. The maximum Gasteiger partial charge on any atom is 0.470 e. The van der Waals surface area contributed by atoms with Gasteiger partial charge in [0.25, 0.3) is 5.56 Å². The normalized spacial score (nSPS) is 19.0. The fourth-order valence-electron chi connectivity index (χ4n) is 3.10. The zero-order chi connectivity index (χ0) is 19.8. The molecule has 0 N–H and O–H groups in total. The summed E-state index contributed by atoms with van der Waals surface area (Å²) in [5.74, 6) is -1.43. The van der Waals surface area contributed by atoms with Gasteiger partial charge in [-0.15, -0.1) is 10.2 Å². The van der Waals surface area contributed by atoms with Crippen LogP contribution < -0.4 is 5.56 Å². The Kier molecular flexibility index (Phi) is 5.11. The molecule has 1 atom stereocenters. The lowest BCUT2D eigenvalue weighted by Gasteiger charge is -2.24. The molecule has 0 spiro atoms. The third-order valence-corrected chi connectivity index (χ3v) is 4.57. The van der Waals surface area contributed by atoms with Crippen molar-refractivity contribution in [1.29, 1.82) is 0 Å². The molecule has 0 amide bonds. The van der Waals surface area contributed by atoms with Crippen LogP contribution in [-0.2, 0) is 24.7 Å². The van der Waals surface area contributed by atoms with Crippen molar-refractivity contribution in [3.63, 3.8) is 0 Å². The molecule has 1 fully saturated rings. The maximum absolute atomic E-state index is 12.6. The lowest BCUT2D eigenvalue weighted by Crippen LogP contribution is -2.37. The van der Waals surface area contributed by atoms with Crippen molar-refractivity contribution in [1.82, 2.24) is 24.9 Å². The lowest BCUT2D eigenvalue weighted by molar-refractivity contribution is -0.157. The first-order valence-corrected chi connectivity index (χ1v) is 8.76. The van der Waals surface area contributed by atoms with E-state index in [1.54, 1.807) is 6.07 Å². The summed E-state index contributed by atoms with van der Waals surface area (Å²) in [5.41, 5.74) is 0.410. The Morgan fingerprint density at radius 1 is 1.22 bits per heavy atom. The lowest BCUT2D eigenvalue weighted by atomic mass is 9.92. The molecule has 1 aliphatic heterocycles. The number of nitrogens with zero attached hydrogens (tertiary/aromatic N) is 5. The number of hydrogen-bond donors (Lipinski definition) is 0. The van der Waals surface area contributed by atoms with E-state index in [9.17, 15) is 18.0 Å². The van der Waals surface area contributed by atoms with Crippen molar-refractivity contribution in [2.45, 2.75) is 64.3 Å². The van der Waals surface area contributed by atoms with Gasteiger partial charge in [0.15, 0.2) is 0 Å². The molecule has 1 saturated heterocycles. The summed E-state index contributed by atoms with van der Waals surface area (Å²) in [5, 5.41) is 11.0. The van der Waals surface area contributed by atoms with Gasteiger partial charge >= 0.3 is 12.1 Å². The molecular formula is C17H22F3N5O2. The van der Waals surface area contributed by atoms with Crippen molar-refractivity contribution in [2.75, 3.05) is 6.54 Å². The molecule has 1 aliphatic rings. The zero-order valence-electron chi connectivity index (χ0n) is 15.5. The Morgan fingerprint density at radius 3 is 2.59 bits per heavy atom. The van der Waals surface area contributed by atoms with Gasteiger partial charge in [0.05, 0.1) is 18.8 Å². The Morgan fingerprint density at radius 2 is 1.96 bits per heavy atom. The molecule has 0 bridgehead atoms. The van der Waals surface area contributed by atoms with Crippen LogP contribution in [0.15, 0.2) is 21.3 Å². The molecule has 0 radical (unpaired) electrons. The van der Waals surface area contributed by atoms with Crippen molar-refractivity contribution >= 4 is 0 Å². The predicted molar refractivity (Wildman–Crippen MR) is 89.9 cm³/mol. The van der Waals surface area contributed by atoms with Crippen molar-refractivity contribution in [2.24, 2.45) is 0 Å². The van der Waals surface area contributed by atoms with E-state index in [1.165, 1.54) is 10.7 Å². The highest BCUT2D eigenvalue weighted by atomic mass is 19.4. The monoisotopic (exact) mass is 385 g/mol. The first-order chi connectivity index (χ1) is 12.5. The Labute approximate surface area is 154 Å². The third-order valence-electron chi connectivity index (χ3n) is 4.57. The minimum Gasteiger partial charge on any atom is -0.416 e. The fourth-order valence-corrected chi connectivity index (χ4v) is 3.10. The van der Waals surface area contributed by atoms with E-state index >= 15 is 0 Å². The molecular weight excluding hydrogens is 363 g/mol. The number of rotatable bonds is 4. The summed E-state index contributed by atoms with van der Waals surface area (Å²) in [7, 11) is 0. The Hall–Kier alpha value is -2.23. The molecule has 148 valence electrons. The molecule has 1 unspecified atom stereocenters. The fraction of sp³-hybridized carbons (Fsp3) is 0.647. The van der Waals surface area contributed by atoms with Gasteiger partial charge in [-0.25, -0.2) is 4.68 Å². The summed E-state index contributed by atoms with van der Waals surface area (Å²) < 4.78 is 44.0. The quantitative estimate of drug-likeness (QED) is 0.805. The van der Waals surface area contributed by atoms with Gasteiger partial charge in [-0.05, 0) is 25.5 Å². The number of halogens is 3. The number of hydrogen-bond acceptors (Lipinski definition) is 6. The van der Waals surface area contributed by atoms with Crippen LogP contribution in [0.1, 0.15) is 51.1 Å². The minimum atomic E-state index is -4.65. The van der Waals surface area contributed by atoms with Crippen LogP contribution in [0, 0.1) is 0 Å². The molecule has 27 heavy (non-hydrogen) atoms. The molecule has 3 rings (SSSR count). The van der Waals surface area contributed by atoms with E-state index in [4.69, 9.17) is 4.42 Å². The third kappa shape index (κ3) is 4.55. The molecule has 10 heteroatoms.